The summed E-state index contributed by atoms with van der Waals surface area (Å²) < 4.78 is 5.39. The minimum absolute atomic E-state index is 0.273. The van der Waals surface area contributed by atoms with Crippen molar-refractivity contribution in [2.75, 3.05) is 24.5 Å². The maximum absolute atomic E-state index is 5.39. The van der Waals surface area contributed by atoms with Crippen molar-refractivity contribution in [2.45, 2.75) is 44.6 Å². The molecule has 2 saturated heterocycles. The van der Waals surface area contributed by atoms with Crippen LogP contribution >= 0.6 is 0 Å². The molecule has 0 amide bonds. The van der Waals surface area contributed by atoms with Gasteiger partial charge >= 0.3 is 0 Å². The predicted octanol–water partition coefficient (Wildman–Crippen LogP) is 1.87. The summed E-state index contributed by atoms with van der Waals surface area (Å²) in [5.41, 5.74) is 0. The zero-order valence-electron chi connectivity index (χ0n) is 10.2. The van der Waals surface area contributed by atoms with Crippen molar-refractivity contribution < 1.29 is 4.52 Å². The van der Waals surface area contributed by atoms with E-state index in [0.717, 1.165) is 37.9 Å². The summed E-state index contributed by atoms with van der Waals surface area (Å²) in [6.45, 7) is 3.19. The second-order valence-electron chi connectivity index (χ2n) is 4.98. The molecule has 0 saturated carbocycles. The molecule has 17 heavy (non-hydrogen) atoms. The Bertz CT molecular complexity index is 321. The number of nitrogens with one attached hydrogen (secondary N) is 1. The lowest BCUT2D eigenvalue weighted by Crippen LogP contribution is -2.30. The first kappa shape index (κ1) is 11.0. The van der Waals surface area contributed by atoms with E-state index in [1.165, 1.54) is 32.1 Å². The fourth-order valence-corrected chi connectivity index (χ4v) is 2.65. The van der Waals surface area contributed by atoms with Gasteiger partial charge in [0.05, 0.1) is 6.04 Å². The van der Waals surface area contributed by atoms with Crippen molar-refractivity contribution in [3.8, 4) is 0 Å². The lowest BCUT2D eigenvalue weighted by Gasteiger charge is -2.24. The summed E-state index contributed by atoms with van der Waals surface area (Å²) in [6.07, 6.45) is 7.42. The Morgan fingerprint density at radius 2 is 2.00 bits per heavy atom. The van der Waals surface area contributed by atoms with Crippen LogP contribution in [0.3, 0.4) is 0 Å². The van der Waals surface area contributed by atoms with Crippen LogP contribution in [0.4, 0.5) is 5.95 Å². The van der Waals surface area contributed by atoms with Gasteiger partial charge in [-0.2, -0.15) is 4.98 Å². The third-order valence-corrected chi connectivity index (χ3v) is 3.68. The number of hydrogen-bond acceptors (Lipinski definition) is 5. The SMILES string of the molecule is C1CCN(c2noc(C3CCCCN3)n2)CC1. The molecule has 2 fully saturated rings. The molecule has 3 heterocycles. The number of anilines is 1. The van der Waals surface area contributed by atoms with E-state index in [0.29, 0.717) is 0 Å². The van der Waals surface area contributed by atoms with Crippen molar-refractivity contribution in [3.63, 3.8) is 0 Å². The van der Waals surface area contributed by atoms with E-state index < -0.39 is 0 Å². The summed E-state index contributed by atoms with van der Waals surface area (Å²) in [7, 11) is 0. The van der Waals surface area contributed by atoms with Gasteiger partial charge in [-0.15, -0.1) is 0 Å². The van der Waals surface area contributed by atoms with Gasteiger partial charge in [0, 0.05) is 13.1 Å². The van der Waals surface area contributed by atoms with E-state index in [9.17, 15) is 0 Å². The molecule has 1 aromatic rings. The Morgan fingerprint density at radius 3 is 2.76 bits per heavy atom. The fraction of sp³-hybridized carbons (Fsp3) is 0.833. The molecule has 5 heteroatoms. The molecule has 0 aromatic carbocycles. The molecule has 94 valence electrons. The molecular formula is C12H20N4O. The Labute approximate surface area is 102 Å². The second kappa shape index (κ2) is 5.04. The van der Waals surface area contributed by atoms with E-state index in [1.807, 2.05) is 0 Å². The highest BCUT2D eigenvalue weighted by atomic mass is 16.5. The Hall–Kier alpha value is -1.10. The van der Waals surface area contributed by atoms with E-state index >= 15 is 0 Å². The van der Waals surface area contributed by atoms with Crippen LogP contribution in [-0.4, -0.2) is 29.8 Å². The summed E-state index contributed by atoms with van der Waals surface area (Å²) in [6, 6.07) is 0.273. The second-order valence-corrected chi connectivity index (χ2v) is 4.98. The van der Waals surface area contributed by atoms with Crippen LogP contribution in [0.5, 0.6) is 0 Å². The highest BCUT2D eigenvalue weighted by Crippen LogP contribution is 2.24. The molecule has 0 bridgehead atoms. The van der Waals surface area contributed by atoms with Crippen molar-refractivity contribution in [3.05, 3.63) is 5.89 Å². The largest absolute Gasteiger partial charge is 0.338 e. The number of piperidine rings is 2. The van der Waals surface area contributed by atoms with E-state index in [2.05, 4.69) is 20.4 Å². The highest BCUT2D eigenvalue weighted by Gasteiger charge is 2.23. The van der Waals surface area contributed by atoms with Crippen LogP contribution in [0.1, 0.15) is 50.5 Å². The normalized spacial score (nSPS) is 26.1. The van der Waals surface area contributed by atoms with Gasteiger partial charge in [-0.25, -0.2) is 0 Å². The van der Waals surface area contributed by atoms with Crippen LogP contribution in [0, 0.1) is 0 Å². The predicted molar refractivity (Wildman–Crippen MR) is 65.0 cm³/mol. The minimum atomic E-state index is 0.273. The van der Waals surface area contributed by atoms with Gasteiger partial charge in [-0.3, -0.25) is 0 Å². The van der Waals surface area contributed by atoms with Gasteiger partial charge < -0.3 is 14.7 Å². The van der Waals surface area contributed by atoms with Crippen molar-refractivity contribution in [2.24, 2.45) is 0 Å². The molecule has 2 aliphatic heterocycles. The van der Waals surface area contributed by atoms with Gasteiger partial charge in [0.1, 0.15) is 0 Å². The number of aromatic nitrogens is 2. The Morgan fingerprint density at radius 1 is 1.12 bits per heavy atom. The number of rotatable bonds is 2. The fourth-order valence-electron chi connectivity index (χ4n) is 2.65. The average molecular weight is 236 g/mol. The quantitative estimate of drug-likeness (QED) is 0.849. The Kier molecular flexibility index (Phi) is 3.27. The molecule has 0 spiro atoms. The Balaban J connectivity index is 1.68. The zero-order chi connectivity index (χ0) is 11.5. The molecule has 2 aliphatic rings. The summed E-state index contributed by atoms with van der Waals surface area (Å²) in [4.78, 5) is 6.78. The van der Waals surface area contributed by atoms with Crippen LogP contribution in [0.25, 0.3) is 0 Å². The van der Waals surface area contributed by atoms with Crippen molar-refractivity contribution in [1.29, 1.82) is 0 Å². The van der Waals surface area contributed by atoms with Gasteiger partial charge in [-0.05, 0) is 43.8 Å². The minimum Gasteiger partial charge on any atom is -0.338 e. The molecule has 5 nitrogen and oxygen atoms in total. The molecule has 1 unspecified atom stereocenters. The molecule has 1 N–H and O–H groups in total. The third-order valence-electron chi connectivity index (χ3n) is 3.68. The van der Waals surface area contributed by atoms with Crippen LogP contribution < -0.4 is 10.2 Å². The molecule has 1 aromatic heterocycles. The summed E-state index contributed by atoms with van der Waals surface area (Å²) >= 11 is 0. The van der Waals surface area contributed by atoms with Crippen LogP contribution in [0.15, 0.2) is 4.52 Å². The lowest BCUT2D eigenvalue weighted by molar-refractivity contribution is 0.297. The standard InChI is InChI=1S/C12H20N4O/c1-4-8-16(9-5-1)12-14-11(17-15-12)10-6-2-3-7-13-10/h10,13H,1-9H2. The number of hydrogen-bond donors (Lipinski definition) is 1. The smallest absolute Gasteiger partial charge is 0.266 e. The van der Waals surface area contributed by atoms with Crippen LogP contribution in [0.2, 0.25) is 0 Å². The van der Waals surface area contributed by atoms with Gasteiger partial charge in [-0.1, -0.05) is 6.42 Å². The molecule has 1 atom stereocenters. The van der Waals surface area contributed by atoms with E-state index in [-0.39, 0.29) is 6.04 Å². The van der Waals surface area contributed by atoms with Gasteiger partial charge in [0.25, 0.3) is 5.95 Å². The van der Waals surface area contributed by atoms with Gasteiger partial charge in [0.15, 0.2) is 0 Å². The lowest BCUT2D eigenvalue weighted by atomic mass is 10.1. The van der Waals surface area contributed by atoms with Crippen molar-refractivity contribution in [1.82, 2.24) is 15.5 Å². The molecule has 0 radical (unpaired) electrons. The maximum Gasteiger partial charge on any atom is 0.266 e. The third kappa shape index (κ3) is 2.44. The van der Waals surface area contributed by atoms with E-state index in [4.69, 9.17) is 4.52 Å². The first-order chi connectivity index (χ1) is 8.43. The maximum atomic E-state index is 5.39. The van der Waals surface area contributed by atoms with E-state index in [1.54, 1.807) is 0 Å². The molecule has 0 aliphatic carbocycles. The summed E-state index contributed by atoms with van der Waals surface area (Å²) in [5, 5.41) is 7.55. The van der Waals surface area contributed by atoms with Crippen molar-refractivity contribution >= 4 is 5.95 Å². The topological polar surface area (TPSA) is 54.2 Å². The molecular weight excluding hydrogens is 216 g/mol. The monoisotopic (exact) mass is 236 g/mol. The average Bonchev–Trinajstić information content (AvgIpc) is 2.90. The summed E-state index contributed by atoms with van der Waals surface area (Å²) in [5.74, 6) is 1.55. The zero-order valence-corrected chi connectivity index (χ0v) is 10.2. The first-order valence-corrected chi connectivity index (χ1v) is 6.75. The first-order valence-electron chi connectivity index (χ1n) is 6.75. The molecule has 3 rings (SSSR count). The number of nitrogens with zero attached hydrogens (tertiary/aromatic N) is 3. The highest BCUT2D eigenvalue weighted by molar-refractivity contribution is 5.28. The van der Waals surface area contributed by atoms with Gasteiger partial charge in [0.2, 0.25) is 5.89 Å². The van der Waals surface area contributed by atoms with Crippen LogP contribution in [-0.2, 0) is 0 Å².